The molecule has 0 radical (unpaired) electrons. The van der Waals surface area contributed by atoms with E-state index in [-0.39, 0.29) is 0 Å². The number of halogens is 2. The fraction of sp³-hybridized carbons (Fsp3) is 0.0625. The quantitative estimate of drug-likeness (QED) is 0.103. The lowest BCUT2D eigenvalue weighted by Gasteiger charge is -2.27. The lowest BCUT2D eigenvalue weighted by Crippen LogP contribution is -2.43. The van der Waals surface area contributed by atoms with Gasteiger partial charge in [0.2, 0.25) is 0 Å². The van der Waals surface area contributed by atoms with Gasteiger partial charge in [-0.2, -0.15) is 5.10 Å². The van der Waals surface area contributed by atoms with Crippen molar-refractivity contribution in [2.45, 2.75) is 12.2 Å². The summed E-state index contributed by atoms with van der Waals surface area (Å²) in [5.41, 5.74) is 3.39. The highest BCUT2D eigenvalue weighted by Crippen LogP contribution is 2.33. The van der Waals surface area contributed by atoms with Gasteiger partial charge in [0.05, 0.1) is 14.3 Å². The van der Waals surface area contributed by atoms with Crippen LogP contribution in [0.1, 0.15) is 22.3 Å². The minimum absolute atomic E-state index is 0.428. The highest BCUT2D eigenvalue weighted by atomic mass is 127. The number of nitrogens with zero attached hydrogens (tertiary/aromatic N) is 1. The van der Waals surface area contributed by atoms with E-state index in [1.54, 1.807) is 48.5 Å². The number of carbonyl (C=O) groups excluding carboxylic acids is 1. The summed E-state index contributed by atoms with van der Waals surface area (Å²) in [6.07, 6.45) is 1.54. The van der Waals surface area contributed by atoms with E-state index in [4.69, 9.17) is 4.74 Å². The maximum Gasteiger partial charge on any atom is 0.281 e. The van der Waals surface area contributed by atoms with Crippen molar-refractivity contribution >= 4 is 61.4 Å². The van der Waals surface area contributed by atoms with Crippen molar-refractivity contribution in [2.24, 2.45) is 5.10 Å². The van der Waals surface area contributed by atoms with E-state index >= 15 is 0 Å². The van der Waals surface area contributed by atoms with Gasteiger partial charge in [0.1, 0.15) is 12.4 Å². The van der Waals surface area contributed by atoms with Gasteiger partial charge < -0.3 is 9.84 Å². The fourth-order valence-electron chi connectivity index (χ4n) is 4.39. The molecule has 194 valence electrons. The van der Waals surface area contributed by atoms with Crippen LogP contribution in [0.25, 0.3) is 10.8 Å². The molecule has 0 aliphatic rings. The van der Waals surface area contributed by atoms with E-state index in [0.29, 0.717) is 17.7 Å². The number of ether oxygens (including phenoxy) is 1. The molecule has 7 heteroatoms. The molecule has 0 heterocycles. The number of carbonyl (C=O) groups is 1. The van der Waals surface area contributed by atoms with Gasteiger partial charge in [0.15, 0.2) is 5.60 Å². The number of nitrogens with one attached hydrogen (secondary N) is 1. The van der Waals surface area contributed by atoms with Crippen LogP contribution in [0.2, 0.25) is 0 Å². The lowest BCUT2D eigenvalue weighted by atomic mass is 9.85. The van der Waals surface area contributed by atoms with E-state index in [2.05, 4.69) is 73.3 Å². The molecule has 5 nitrogen and oxygen atoms in total. The number of rotatable bonds is 8. The van der Waals surface area contributed by atoms with Crippen LogP contribution >= 0.6 is 38.5 Å². The molecule has 0 aromatic heterocycles. The molecular formula is C32H24BrIN2O3. The van der Waals surface area contributed by atoms with E-state index in [1.165, 1.54) is 11.6 Å². The van der Waals surface area contributed by atoms with E-state index in [9.17, 15) is 9.90 Å². The molecule has 1 amide bonds. The highest BCUT2D eigenvalue weighted by Gasteiger charge is 2.39. The molecule has 0 bridgehead atoms. The third kappa shape index (κ3) is 5.90. The Morgan fingerprint density at radius 2 is 1.51 bits per heavy atom. The number of hydrogen-bond donors (Lipinski definition) is 2. The minimum Gasteiger partial charge on any atom is -0.487 e. The Morgan fingerprint density at radius 3 is 2.18 bits per heavy atom. The summed E-state index contributed by atoms with van der Waals surface area (Å²) < 4.78 is 7.86. The second-order valence-electron chi connectivity index (χ2n) is 8.88. The molecule has 5 rings (SSSR count). The van der Waals surface area contributed by atoms with Crippen LogP contribution in [0.15, 0.2) is 125 Å². The molecule has 2 N–H and O–H groups in total. The van der Waals surface area contributed by atoms with Crippen LogP contribution < -0.4 is 10.2 Å². The van der Waals surface area contributed by atoms with Crippen LogP contribution in [-0.2, 0) is 17.0 Å². The zero-order valence-electron chi connectivity index (χ0n) is 20.7. The van der Waals surface area contributed by atoms with Crippen LogP contribution in [0, 0.1) is 3.57 Å². The average molecular weight is 691 g/mol. The molecule has 5 aromatic rings. The first-order valence-electron chi connectivity index (χ1n) is 12.2. The van der Waals surface area contributed by atoms with Gasteiger partial charge in [0.25, 0.3) is 5.91 Å². The Hall–Kier alpha value is -3.53. The van der Waals surface area contributed by atoms with Crippen molar-refractivity contribution in [1.82, 2.24) is 5.43 Å². The molecule has 0 unspecified atom stereocenters. The van der Waals surface area contributed by atoms with Crippen LogP contribution in [0.4, 0.5) is 0 Å². The van der Waals surface area contributed by atoms with Gasteiger partial charge >= 0.3 is 0 Å². The SMILES string of the molecule is O=C(N/N=C/c1cc(Br)c(OCc2cccc3ccccc23)c(I)c1)C(O)(c1ccccc1)c1ccccc1. The summed E-state index contributed by atoms with van der Waals surface area (Å²) in [5.74, 6) is 0.0761. The number of fused-ring (bicyclic) bond motifs is 1. The van der Waals surface area contributed by atoms with Gasteiger partial charge in [-0.25, -0.2) is 5.43 Å². The zero-order chi connectivity index (χ0) is 27.2. The third-order valence-electron chi connectivity index (χ3n) is 6.36. The van der Waals surface area contributed by atoms with Gasteiger partial charge in [-0.3, -0.25) is 4.79 Å². The van der Waals surface area contributed by atoms with Gasteiger partial charge in [-0.05, 0) is 83.7 Å². The first kappa shape index (κ1) is 27.1. The normalized spacial score (nSPS) is 11.6. The monoisotopic (exact) mass is 690 g/mol. The molecule has 0 fully saturated rings. The summed E-state index contributed by atoms with van der Waals surface area (Å²) in [4.78, 5) is 13.3. The maximum atomic E-state index is 13.3. The molecule has 0 saturated heterocycles. The third-order valence-corrected chi connectivity index (χ3v) is 7.75. The number of amides is 1. The van der Waals surface area contributed by atoms with E-state index in [0.717, 1.165) is 30.3 Å². The Labute approximate surface area is 248 Å². The molecule has 39 heavy (non-hydrogen) atoms. The van der Waals surface area contributed by atoms with E-state index in [1.807, 2.05) is 42.5 Å². The second-order valence-corrected chi connectivity index (χ2v) is 10.9. The maximum absolute atomic E-state index is 13.3. The van der Waals surface area contributed by atoms with Crippen molar-refractivity contribution in [2.75, 3.05) is 0 Å². The molecule has 0 spiro atoms. The molecule has 0 atom stereocenters. The smallest absolute Gasteiger partial charge is 0.281 e. The Balaban J connectivity index is 1.32. The first-order chi connectivity index (χ1) is 19.0. The van der Waals surface area contributed by atoms with E-state index < -0.39 is 11.5 Å². The summed E-state index contributed by atoms with van der Waals surface area (Å²) in [5, 5.41) is 18.0. The van der Waals surface area contributed by atoms with Crippen LogP contribution in [0.5, 0.6) is 5.75 Å². The van der Waals surface area contributed by atoms with Gasteiger partial charge in [0, 0.05) is 0 Å². The predicted octanol–water partition coefficient (Wildman–Crippen LogP) is 7.17. The number of benzene rings is 5. The summed E-state index contributed by atoms with van der Waals surface area (Å²) >= 11 is 5.84. The summed E-state index contributed by atoms with van der Waals surface area (Å²) in [6, 6.07) is 35.9. The minimum atomic E-state index is -1.89. The largest absolute Gasteiger partial charge is 0.487 e. The number of hydrogen-bond acceptors (Lipinski definition) is 4. The molecule has 0 saturated carbocycles. The average Bonchev–Trinajstić information content (AvgIpc) is 2.97. The highest BCUT2D eigenvalue weighted by molar-refractivity contribution is 14.1. The Morgan fingerprint density at radius 1 is 0.897 bits per heavy atom. The van der Waals surface area contributed by atoms with Crippen molar-refractivity contribution in [3.05, 3.63) is 146 Å². The fourth-order valence-corrected chi connectivity index (χ4v) is 6.16. The van der Waals surface area contributed by atoms with Crippen molar-refractivity contribution in [3.8, 4) is 5.75 Å². The second kappa shape index (κ2) is 12.1. The van der Waals surface area contributed by atoms with Gasteiger partial charge in [-0.15, -0.1) is 0 Å². The lowest BCUT2D eigenvalue weighted by molar-refractivity contribution is -0.136. The zero-order valence-corrected chi connectivity index (χ0v) is 24.5. The Bertz CT molecular complexity index is 1570. The summed E-state index contributed by atoms with van der Waals surface area (Å²) in [7, 11) is 0. The molecule has 0 aliphatic carbocycles. The standard InChI is InChI=1S/C32H24BrIN2O3/c33-28-18-22(19-29(34)30(28)39-21-24-12-9-11-23-10-7-8-17-27(23)24)20-35-36-31(37)32(38,25-13-3-1-4-14-25)26-15-5-2-6-16-26/h1-20,38H,21H2,(H,36,37)/b35-20+. The summed E-state index contributed by atoms with van der Waals surface area (Å²) in [6.45, 7) is 0.428. The topological polar surface area (TPSA) is 70.9 Å². The van der Waals surface area contributed by atoms with Crippen LogP contribution in [0.3, 0.4) is 0 Å². The van der Waals surface area contributed by atoms with Crippen molar-refractivity contribution < 1.29 is 14.6 Å². The van der Waals surface area contributed by atoms with Crippen LogP contribution in [-0.4, -0.2) is 17.2 Å². The number of hydrazone groups is 1. The molecule has 0 aliphatic heterocycles. The molecule has 5 aromatic carbocycles. The molecular weight excluding hydrogens is 667 g/mol. The first-order valence-corrected chi connectivity index (χ1v) is 14.1. The number of aliphatic hydroxyl groups is 1. The van der Waals surface area contributed by atoms with Crippen molar-refractivity contribution in [3.63, 3.8) is 0 Å². The predicted molar refractivity (Wildman–Crippen MR) is 167 cm³/mol. The van der Waals surface area contributed by atoms with Crippen molar-refractivity contribution in [1.29, 1.82) is 0 Å². The van der Waals surface area contributed by atoms with Gasteiger partial charge in [-0.1, -0.05) is 103 Å². The Kier molecular flexibility index (Phi) is 8.40.